The highest BCUT2D eigenvalue weighted by molar-refractivity contribution is 5.97. The molecule has 7 nitrogen and oxygen atoms in total. The van der Waals surface area contributed by atoms with Gasteiger partial charge >= 0.3 is 0 Å². The molecule has 2 aliphatic rings. The Morgan fingerprint density at radius 2 is 1.96 bits per heavy atom. The lowest BCUT2D eigenvalue weighted by Gasteiger charge is -2.34. The zero-order valence-corrected chi connectivity index (χ0v) is 16.2. The molecular weight excluding hydrogens is 346 g/mol. The van der Waals surface area contributed by atoms with Gasteiger partial charge in [0.15, 0.2) is 0 Å². The lowest BCUT2D eigenvalue weighted by atomic mass is 10.1. The van der Waals surface area contributed by atoms with E-state index in [1.54, 1.807) is 12.1 Å². The van der Waals surface area contributed by atoms with E-state index in [1.165, 1.54) is 0 Å². The number of carbonyl (C=O) groups is 1. The number of hydrogen-bond donors (Lipinski definition) is 3. The van der Waals surface area contributed by atoms with Gasteiger partial charge in [-0.25, -0.2) is 0 Å². The van der Waals surface area contributed by atoms with E-state index >= 15 is 0 Å². The summed E-state index contributed by atoms with van der Waals surface area (Å²) in [5.41, 5.74) is 1.13. The molecule has 2 fully saturated rings. The number of aliphatic hydroxyl groups excluding tert-OH is 1. The second kappa shape index (κ2) is 8.91. The van der Waals surface area contributed by atoms with Crippen LogP contribution in [-0.4, -0.2) is 78.6 Å². The van der Waals surface area contributed by atoms with Crippen molar-refractivity contribution in [1.29, 1.82) is 0 Å². The quantitative estimate of drug-likeness (QED) is 0.691. The van der Waals surface area contributed by atoms with Gasteiger partial charge in [0.2, 0.25) is 0 Å². The maximum Gasteiger partial charge on any atom is 0.255 e. The van der Waals surface area contributed by atoms with E-state index in [4.69, 9.17) is 4.74 Å². The van der Waals surface area contributed by atoms with Gasteiger partial charge in [0, 0.05) is 44.0 Å². The number of anilines is 1. The smallest absolute Gasteiger partial charge is 0.255 e. The molecule has 1 aromatic carbocycles. The van der Waals surface area contributed by atoms with E-state index in [0.29, 0.717) is 13.2 Å². The first-order valence-corrected chi connectivity index (χ1v) is 9.93. The predicted octanol–water partition coefficient (Wildman–Crippen LogP) is 1.19. The third-order valence-corrected chi connectivity index (χ3v) is 5.77. The summed E-state index contributed by atoms with van der Waals surface area (Å²) in [6.07, 6.45) is 0.968. The summed E-state index contributed by atoms with van der Waals surface area (Å²) < 4.78 is 5.38. The van der Waals surface area contributed by atoms with Crippen molar-refractivity contribution in [3.8, 4) is 5.75 Å². The number of phenols is 1. The number of carbonyl (C=O) groups excluding carboxylic acids is 1. The number of aromatic hydroxyl groups is 1. The number of hydrogen-bond acceptors (Lipinski definition) is 6. The molecule has 3 N–H and O–H groups in total. The number of morpholine rings is 1. The number of ether oxygens (including phenoxy) is 1. The van der Waals surface area contributed by atoms with Crippen molar-refractivity contribution < 1.29 is 19.7 Å². The second-order valence-electron chi connectivity index (χ2n) is 7.24. The number of benzene rings is 1. The summed E-state index contributed by atoms with van der Waals surface area (Å²) >= 11 is 0. The molecule has 0 bridgehead atoms. The molecule has 1 aliphatic heterocycles. The molecule has 1 aromatic rings. The van der Waals surface area contributed by atoms with Crippen LogP contribution in [-0.2, 0) is 4.74 Å². The van der Waals surface area contributed by atoms with E-state index in [9.17, 15) is 15.0 Å². The van der Waals surface area contributed by atoms with Gasteiger partial charge < -0.3 is 25.2 Å². The van der Waals surface area contributed by atoms with Crippen molar-refractivity contribution in [2.75, 3.05) is 44.3 Å². The van der Waals surface area contributed by atoms with E-state index in [-0.39, 0.29) is 29.3 Å². The zero-order valence-electron chi connectivity index (χ0n) is 16.2. The van der Waals surface area contributed by atoms with Crippen LogP contribution in [0.4, 0.5) is 5.69 Å². The highest BCUT2D eigenvalue weighted by atomic mass is 16.5. The predicted molar refractivity (Wildman–Crippen MR) is 104 cm³/mol. The van der Waals surface area contributed by atoms with Crippen molar-refractivity contribution in [3.05, 3.63) is 23.8 Å². The molecule has 1 saturated carbocycles. The molecule has 3 rings (SSSR count). The van der Waals surface area contributed by atoms with Crippen molar-refractivity contribution in [3.63, 3.8) is 0 Å². The summed E-state index contributed by atoms with van der Waals surface area (Å²) in [6, 6.07) is 4.89. The van der Waals surface area contributed by atoms with Gasteiger partial charge in [-0.2, -0.15) is 0 Å². The molecular formula is C20H31N3O4. The Kier molecular flexibility index (Phi) is 6.57. The standard InChI is InChI=1S/C20H31N3O4/c1-3-22(4-2)14-5-6-15(18(24)13-14)20(26)21-16-7-8-17(19(16)25)23-9-11-27-12-10-23/h5-6,13,16-17,19,24-25H,3-4,7-12H2,1-2H3,(H,21,26)/t16-,17-,19-/m1/s1. The number of nitrogens with one attached hydrogen (secondary N) is 1. The number of phenolic OH excluding ortho intramolecular Hbond substituents is 1. The Hall–Kier alpha value is -1.83. The molecule has 0 spiro atoms. The fourth-order valence-corrected chi connectivity index (χ4v) is 4.17. The van der Waals surface area contributed by atoms with Crippen LogP contribution in [0, 0.1) is 0 Å². The number of amides is 1. The van der Waals surface area contributed by atoms with Gasteiger partial charge in [-0.3, -0.25) is 9.69 Å². The van der Waals surface area contributed by atoms with Crippen molar-refractivity contribution in [2.45, 2.75) is 44.9 Å². The maximum atomic E-state index is 12.6. The molecule has 1 heterocycles. The molecule has 1 amide bonds. The number of nitrogens with zero attached hydrogens (tertiary/aromatic N) is 2. The van der Waals surface area contributed by atoms with Crippen molar-refractivity contribution in [1.82, 2.24) is 10.2 Å². The van der Waals surface area contributed by atoms with E-state index < -0.39 is 6.10 Å². The summed E-state index contributed by atoms with van der Waals surface area (Å²) in [4.78, 5) is 17.0. The zero-order chi connectivity index (χ0) is 19.4. The van der Waals surface area contributed by atoms with Gasteiger partial charge in [-0.05, 0) is 38.8 Å². The molecule has 0 unspecified atom stereocenters. The van der Waals surface area contributed by atoms with Gasteiger partial charge in [0.05, 0.1) is 30.9 Å². The highest BCUT2D eigenvalue weighted by Gasteiger charge is 2.39. The molecule has 3 atom stereocenters. The number of rotatable bonds is 6. The minimum absolute atomic E-state index is 0.0332. The summed E-state index contributed by atoms with van der Waals surface area (Å²) in [5.74, 6) is -0.376. The Morgan fingerprint density at radius 3 is 2.59 bits per heavy atom. The summed E-state index contributed by atoms with van der Waals surface area (Å²) in [6.45, 7) is 8.77. The molecule has 27 heavy (non-hydrogen) atoms. The molecule has 0 aromatic heterocycles. The third kappa shape index (κ3) is 4.36. The van der Waals surface area contributed by atoms with E-state index in [2.05, 4.69) is 15.1 Å². The van der Waals surface area contributed by atoms with Crippen LogP contribution in [0.5, 0.6) is 5.75 Å². The van der Waals surface area contributed by atoms with Crippen molar-refractivity contribution in [2.24, 2.45) is 0 Å². The van der Waals surface area contributed by atoms with Gasteiger partial charge in [-0.1, -0.05) is 0 Å². The Bertz CT molecular complexity index is 644. The van der Waals surface area contributed by atoms with E-state index in [0.717, 1.165) is 44.7 Å². The SMILES string of the molecule is CCN(CC)c1ccc(C(=O)N[C@@H]2CC[C@@H](N3CCOCC3)[C@@H]2O)c(O)c1. The fourth-order valence-electron chi connectivity index (χ4n) is 4.17. The van der Waals surface area contributed by atoms with Crippen molar-refractivity contribution >= 4 is 11.6 Å². The van der Waals surface area contributed by atoms with Gasteiger partial charge in [0.25, 0.3) is 5.91 Å². The van der Waals surface area contributed by atoms with Crippen LogP contribution in [0.2, 0.25) is 0 Å². The first-order chi connectivity index (χ1) is 13.0. The van der Waals surface area contributed by atoms with Crippen LogP contribution < -0.4 is 10.2 Å². The molecule has 1 saturated heterocycles. The topological polar surface area (TPSA) is 85.3 Å². The van der Waals surface area contributed by atoms with E-state index in [1.807, 2.05) is 19.9 Å². The normalized spacial score (nSPS) is 26.1. The molecule has 7 heteroatoms. The van der Waals surface area contributed by atoms with Gasteiger partial charge in [-0.15, -0.1) is 0 Å². The molecule has 1 aliphatic carbocycles. The monoisotopic (exact) mass is 377 g/mol. The minimum atomic E-state index is -0.607. The fraction of sp³-hybridized carbons (Fsp3) is 0.650. The maximum absolute atomic E-state index is 12.6. The Labute approximate surface area is 160 Å². The Balaban J connectivity index is 1.63. The van der Waals surface area contributed by atoms with Crippen LogP contribution in [0.1, 0.15) is 37.0 Å². The Morgan fingerprint density at radius 1 is 1.26 bits per heavy atom. The summed E-state index contributed by atoms with van der Waals surface area (Å²) in [7, 11) is 0. The lowest BCUT2D eigenvalue weighted by Crippen LogP contribution is -2.51. The first-order valence-electron chi connectivity index (χ1n) is 9.93. The minimum Gasteiger partial charge on any atom is -0.507 e. The molecule has 0 radical (unpaired) electrons. The highest BCUT2D eigenvalue weighted by Crippen LogP contribution is 2.28. The average molecular weight is 377 g/mol. The second-order valence-corrected chi connectivity index (χ2v) is 7.24. The van der Waals surface area contributed by atoms with Crippen LogP contribution in [0.15, 0.2) is 18.2 Å². The largest absolute Gasteiger partial charge is 0.507 e. The summed E-state index contributed by atoms with van der Waals surface area (Å²) in [5, 5.41) is 23.9. The third-order valence-electron chi connectivity index (χ3n) is 5.77. The van der Waals surface area contributed by atoms with Crippen LogP contribution in [0.3, 0.4) is 0 Å². The number of aliphatic hydroxyl groups is 1. The lowest BCUT2D eigenvalue weighted by molar-refractivity contribution is -0.0154. The van der Waals surface area contributed by atoms with Crippen LogP contribution >= 0.6 is 0 Å². The average Bonchev–Trinajstić information content (AvgIpc) is 3.04. The molecule has 150 valence electrons. The first kappa shape index (κ1) is 19.9. The van der Waals surface area contributed by atoms with Crippen LogP contribution in [0.25, 0.3) is 0 Å². The van der Waals surface area contributed by atoms with Gasteiger partial charge in [0.1, 0.15) is 5.75 Å².